The topological polar surface area (TPSA) is 0 Å². The molecule has 0 amide bonds. The first kappa shape index (κ1) is 8.59. The smallest absolute Gasteiger partial charge is 0.0321 e. The summed E-state index contributed by atoms with van der Waals surface area (Å²) in [6, 6.07) is 0. The summed E-state index contributed by atoms with van der Waals surface area (Å²) in [5.74, 6) is 3.15. The van der Waals surface area contributed by atoms with Crippen molar-refractivity contribution in [3.63, 3.8) is 0 Å². The standard InChI is InChI=1S/C12H22/c1-9-4-5-10-6-7-11(10)12(2,3)8-9/h9-11H,4-8H2,1-3H3. The van der Waals surface area contributed by atoms with Crippen LogP contribution in [0.2, 0.25) is 0 Å². The summed E-state index contributed by atoms with van der Waals surface area (Å²) in [5, 5.41) is 0. The van der Waals surface area contributed by atoms with Crippen molar-refractivity contribution in [1.82, 2.24) is 0 Å². The molecule has 0 heterocycles. The minimum Gasteiger partial charge on any atom is -0.0625 e. The normalized spacial score (nSPS) is 45.8. The van der Waals surface area contributed by atoms with E-state index in [0.29, 0.717) is 5.41 Å². The van der Waals surface area contributed by atoms with Crippen molar-refractivity contribution in [2.24, 2.45) is 23.2 Å². The van der Waals surface area contributed by atoms with E-state index in [4.69, 9.17) is 0 Å². The lowest BCUT2D eigenvalue weighted by atomic mass is 9.60. The first-order chi connectivity index (χ1) is 5.59. The molecule has 2 aliphatic carbocycles. The van der Waals surface area contributed by atoms with E-state index >= 15 is 0 Å². The monoisotopic (exact) mass is 166 g/mol. The van der Waals surface area contributed by atoms with Crippen molar-refractivity contribution in [3.8, 4) is 0 Å². The number of fused-ring (bicyclic) bond motifs is 1. The molecule has 0 heteroatoms. The molecule has 0 spiro atoms. The Morgan fingerprint density at radius 1 is 1.00 bits per heavy atom. The van der Waals surface area contributed by atoms with Gasteiger partial charge in [-0.1, -0.05) is 27.2 Å². The molecule has 2 rings (SSSR count). The van der Waals surface area contributed by atoms with Gasteiger partial charge in [0, 0.05) is 0 Å². The zero-order valence-corrected chi connectivity index (χ0v) is 8.77. The predicted molar refractivity (Wildman–Crippen MR) is 53.0 cm³/mol. The van der Waals surface area contributed by atoms with E-state index in [1.807, 2.05) is 0 Å². The second-order valence-corrected chi connectivity index (χ2v) is 5.82. The van der Waals surface area contributed by atoms with Gasteiger partial charge in [0.1, 0.15) is 0 Å². The average Bonchev–Trinajstić information content (AvgIpc) is 1.86. The van der Waals surface area contributed by atoms with Crippen LogP contribution in [-0.2, 0) is 0 Å². The van der Waals surface area contributed by atoms with Gasteiger partial charge in [0.15, 0.2) is 0 Å². The summed E-state index contributed by atoms with van der Waals surface area (Å²) in [5.41, 5.74) is 0.652. The molecule has 0 nitrogen and oxygen atoms in total. The number of hydrogen-bond acceptors (Lipinski definition) is 0. The van der Waals surface area contributed by atoms with Crippen LogP contribution in [-0.4, -0.2) is 0 Å². The summed E-state index contributed by atoms with van der Waals surface area (Å²) in [4.78, 5) is 0. The number of hydrogen-bond donors (Lipinski definition) is 0. The van der Waals surface area contributed by atoms with Crippen molar-refractivity contribution < 1.29 is 0 Å². The maximum Gasteiger partial charge on any atom is -0.0321 e. The fourth-order valence-electron chi connectivity index (χ4n) is 3.59. The van der Waals surface area contributed by atoms with Crippen molar-refractivity contribution >= 4 is 0 Å². The molecule has 0 radical (unpaired) electrons. The van der Waals surface area contributed by atoms with Crippen LogP contribution >= 0.6 is 0 Å². The van der Waals surface area contributed by atoms with Gasteiger partial charge in [-0.3, -0.25) is 0 Å². The van der Waals surface area contributed by atoms with Crippen molar-refractivity contribution in [1.29, 1.82) is 0 Å². The van der Waals surface area contributed by atoms with Gasteiger partial charge in [-0.05, 0) is 48.9 Å². The van der Waals surface area contributed by atoms with Gasteiger partial charge in [-0.25, -0.2) is 0 Å². The van der Waals surface area contributed by atoms with E-state index in [1.165, 1.54) is 32.1 Å². The van der Waals surface area contributed by atoms with Crippen LogP contribution in [0.3, 0.4) is 0 Å². The Labute approximate surface area is 76.7 Å². The zero-order chi connectivity index (χ0) is 8.77. The molecule has 0 saturated heterocycles. The van der Waals surface area contributed by atoms with Gasteiger partial charge in [-0.15, -0.1) is 0 Å². The minimum absolute atomic E-state index is 0.652. The highest BCUT2D eigenvalue weighted by atomic mass is 14.5. The summed E-state index contributed by atoms with van der Waals surface area (Å²) in [6.45, 7) is 7.42. The summed E-state index contributed by atoms with van der Waals surface area (Å²) in [6.07, 6.45) is 7.53. The van der Waals surface area contributed by atoms with E-state index < -0.39 is 0 Å². The Morgan fingerprint density at radius 2 is 1.67 bits per heavy atom. The van der Waals surface area contributed by atoms with E-state index in [1.54, 1.807) is 0 Å². The molecule has 2 aliphatic rings. The van der Waals surface area contributed by atoms with Gasteiger partial charge in [0.05, 0.1) is 0 Å². The lowest BCUT2D eigenvalue weighted by Gasteiger charge is -2.45. The van der Waals surface area contributed by atoms with Crippen molar-refractivity contribution in [3.05, 3.63) is 0 Å². The van der Waals surface area contributed by atoms with Crippen molar-refractivity contribution in [2.75, 3.05) is 0 Å². The highest BCUT2D eigenvalue weighted by Crippen LogP contribution is 2.53. The number of rotatable bonds is 0. The summed E-state index contributed by atoms with van der Waals surface area (Å²) >= 11 is 0. The Bertz CT molecular complexity index is 169. The third-order valence-electron chi connectivity index (χ3n) is 4.33. The first-order valence-corrected chi connectivity index (χ1v) is 5.59. The third-order valence-corrected chi connectivity index (χ3v) is 4.33. The van der Waals surface area contributed by atoms with Crippen LogP contribution in [0.4, 0.5) is 0 Å². The van der Waals surface area contributed by atoms with Crippen LogP contribution in [0, 0.1) is 23.2 Å². The quantitative estimate of drug-likeness (QED) is 0.512. The molecule has 0 bridgehead atoms. The van der Waals surface area contributed by atoms with Crippen LogP contribution in [0.1, 0.15) is 52.9 Å². The molecule has 2 saturated carbocycles. The van der Waals surface area contributed by atoms with Crippen LogP contribution in [0.25, 0.3) is 0 Å². The van der Waals surface area contributed by atoms with Crippen LogP contribution in [0.5, 0.6) is 0 Å². The van der Waals surface area contributed by atoms with E-state index in [9.17, 15) is 0 Å². The van der Waals surface area contributed by atoms with Gasteiger partial charge < -0.3 is 0 Å². The molecule has 0 aromatic carbocycles. The summed E-state index contributed by atoms with van der Waals surface area (Å²) in [7, 11) is 0. The fourth-order valence-corrected chi connectivity index (χ4v) is 3.59. The highest BCUT2D eigenvalue weighted by molar-refractivity contribution is 4.94. The SMILES string of the molecule is CC1CCC2CCC2C(C)(C)C1. The largest absolute Gasteiger partial charge is 0.0625 e. The molecule has 3 unspecified atom stereocenters. The predicted octanol–water partition coefficient (Wildman–Crippen LogP) is 3.86. The molecule has 0 aromatic heterocycles. The van der Waals surface area contributed by atoms with Crippen LogP contribution < -0.4 is 0 Å². The molecular formula is C12H22. The maximum absolute atomic E-state index is 2.49. The molecule has 70 valence electrons. The second-order valence-electron chi connectivity index (χ2n) is 5.82. The molecule has 3 atom stereocenters. The van der Waals surface area contributed by atoms with E-state index in [0.717, 1.165) is 17.8 Å². The Kier molecular flexibility index (Phi) is 1.97. The fraction of sp³-hybridized carbons (Fsp3) is 1.00. The van der Waals surface area contributed by atoms with E-state index in [2.05, 4.69) is 20.8 Å². The Hall–Kier alpha value is 0. The molecule has 12 heavy (non-hydrogen) atoms. The van der Waals surface area contributed by atoms with Gasteiger partial charge in [0.2, 0.25) is 0 Å². The maximum atomic E-state index is 2.49. The molecule has 0 aromatic rings. The zero-order valence-electron chi connectivity index (χ0n) is 8.77. The van der Waals surface area contributed by atoms with Crippen molar-refractivity contribution in [2.45, 2.75) is 52.9 Å². The second kappa shape index (κ2) is 2.75. The molecule has 0 aliphatic heterocycles. The third kappa shape index (κ3) is 1.30. The molecule has 0 N–H and O–H groups in total. The van der Waals surface area contributed by atoms with Gasteiger partial charge >= 0.3 is 0 Å². The van der Waals surface area contributed by atoms with Gasteiger partial charge in [-0.2, -0.15) is 0 Å². The minimum atomic E-state index is 0.652. The highest BCUT2D eigenvalue weighted by Gasteiger charge is 2.43. The lowest BCUT2D eigenvalue weighted by Crippen LogP contribution is -2.36. The summed E-state index contributed by atoms with van der Waals surface area (Å²) < 4.78 is 0. The average molecular weight is 166 g/mol. The Morgan fingerprint density at radius 3 is 2.25 bits per heavy atom. The van der Waals surface area contributed by atoms with Crippen LogP contribution in [0.15, 0.2) is 0 Å². The molecular weight excluding hydrogens is 144 g/mol. The molecule has 2 fully saturated rings. The van der Waals surface area contributed by atoms with E-state index in [-0.39, 0.29) is 0 Å². The lowest BCUT2D eigenvalue weighted by molar-refractivity contribution is 0.0445. The van der Waals surface area contributed by atoms with Gasteiger partial charge in [0.25, 0.3) is 0 Å². The Balaban J connectivity index is 2.11. The first-order valence-electron chi connectivity index (χ1n) is 5.59.